The molecule has 1 unspecified atom stereocenters. The number of benzene rings is 2. The fraction of sp³-hybridized carbons (Fsp3) is 0.440. The summed E-state index contributed by atoms with van der Waals surface area (Å²) in [6.45, 7) is 10.9. The molecule has 0 spiro atoms. The lowest BCUT2D eigenvalue weighted by atomic mass is 9.86. The smallest absolute Gasteiger partial charge is 0.242 e. The molecule has 2 aromatic rings. The lowest BCUT2D eigenvalue weighted by Crippen LogP contribution is -2.47. The first-order chi connectivity index (χ1) is 14.5. The Morgan fingerprint density at radius 3 is 2.16 bits per heavy atom. The van der Waals surface area contributed by atoms with E-state index < -0.39 is 6.04 Å². The van der Waals surface area contributed by atoms with Crippen molar-refractivity contribution in [2.45, 2.75) is 65.5 Å². The summed E-state index contributed by atoms with van der Waals surface area (Å²) < 4.78 is 0. The van der Waals surface area contributed by atoms with Crippen LogP contribution in [0, 0.1) is 0 Å². The molecule has 4 nitrogen and oxygen atoms in total. The van der Waals surface area contributed by atoms with Gasteiger partial charge in [-0.3, -0.25) is 9.59 Å². The van der Waals surface area contributed by atoms with Crippen molar-refractivity contribution in [1.82, 2.24) is 10.2 Å². The number of nitrogens with one attached hydrogen (secondary N) is 1. The molecule has 0 fully saturated rings. The van der Waals surface area contributed by atoms with E-state index in [1.165, 1.54) is 5.56 Å². The minimum absolute atomic E-state index is 0.0790. The number of carbonyl (C=O) groups is 2. The average molecular weight is 463 g/mol. The van der Waals surface area contributed by atoms with E-state index in [-0.39, 0.29) is 23.8 Å². The van der Waals surface area contributed by atoms with Gasteiger partial charge in [-0.15, -0.1) is 0 Å². The maximum Gasteiger partial charge on any atom is 0.242 e. The van der Waals surface area contributed by atoms with E-state index in [4.69, 9.17) is 23.2 Å². The summed E-state index contributed by atoms with van der Waals surface area (Å²) >= 11 is 12.2. The molecule has 0 aliphatic heterocycles. The molecule has 0 aliphatic carbocycles. The van der Waals surface area contributed by atoms with Crippen LogP contribution in [0.4, 0.5) is 0 Å². The quantitative estimate of drug-likeness (QED) is 0.540. The maximum atomic E-state index is 13.1. The van der Waals surface area contributed by atoms with Gasteiger partial charge in [-0.05, 0) is 54.5 Å². The van der Waals surface area contributed by atoms with Crippen molar-refractivity contribution in [2.75, 3.05) is 6.54 Å². The third kappa shape index (κ3) is 7.26. The molecule has 2 aromatic carbocycles. The van der Waals surface area contributed by atoms with Gasteiger partial charge in [0.25, 0.3) is 0 Å². The zero-order valence-electron chi connectivity index (χ0n) is 19.0. The van der Waals surface area contributed by atoms with E-state index in [9.17, 15) is 9.59 Å². The van der Waals surface area contributed by atoms with Gasteiger partial charge in [0.15, 0.2) is 0 Å². The van der Waals surface area contributed by atoms with Gasteiger partial charge in [0.1, 0.15) is 6.04 Å². The second kappa shape index (κ2) is 11.0. The van der Waals surface area contributed by atoms with Crippen LogP contribution in [0.2, 0.25) is 10.0 Å². The highest BCUT2D eigenvalue weighted by molar-refractivity contribution is 6.42. The number of hydrogen-bond donors (Lipinski definition) is 1. The van der Waals surface area contributed by atoms with Crippen LogP contribution in [-0.2, 0) is 28.0 Å². The molecular weight excluding hydrogens is 431 g/mol. The molecule has 0 radical (unpaired) electrons. The number of aryl methyl sites for hydroxylation is 1. The zero-order valence-corrected chi connectivity index (χ0v) is 20.5. The van der Waals surface area contributed by atoms with Gasteiger partial charge in [-0.1, -0.05) is 74.3 Å². The molecule has 0 aliphatic rings. The third-order valence-electron chi connectivity index (χ3n) is 5.30. The summed E-state index contributed by atoms with van der Waals surface area (Å²) in [5.74, 6) is -0.254. The molecule has 0 bridgehead atoms. The summed E-state index contributed by atoms with van der Waals surface area (Å²) in [4.78, 5) is 27.2. The Balaban J connectivity index is 2.15. The van der Waals surface area contributed by atoms with Crippen molar-refractivity contribution in [3.8, 4) is 0 Å². The van der Waals surface area contributed by atoms with Crippen LogP contribution < -0.4 is 5.32 Å². The summed E-state index contributed by atoms with van der Waals surface area (Å²) in [7, 11) is 0. The van der Waals surface area contributed by atoms with Crippen LogP contribution in [0.15, 0.2) is 42.5 Å². The summed E-state index contributed by atoms with van der Waals surface area (Å²) in [6, 6.07) is 13.0. The Bertz CT molecular complexity index is 905. The van der Waals surface area contributed by atoms with Gasteiger partial charge in [0.05, 0.1) is 10.0 Å². The van der Waals surface area contributed by atoms with Gasteiger partial charge in [-0.25, -0.2) is 0 Å². The number of carbonyl (C=O) groups excluding carboxylic acids is 2. The number of amides is 2. The van der Waals surface area contributed by atoms with Gasteiger partial charge < -0.3 is 10.2 Å². The van der Waals surface area contributed by atoms with Gasteiger partial charge in [0, 0.05) is 19.5 Å². The Morgan fingerprint density at radius 1 is 1.00 bits per heavy atom. The van der Waals surface area contributed by atoms with E-state index in [0.717, 1.165) is 11.1 Å². The highest BCUT2D eigenvalue weighted by Gasteiger charge is 2.25. The molecule has 0 aromatic heterocycles. The molecule has 168 valence electrons. The minimum Gasteiger partial charge on any atom is -0.355 e. The van der Waals surface area contributed by atoms with Crippen LogP contribution in [0.5, 0.6) is 0 Å². The summed E-state index contributed by atoms with van der Waals surface area (Å²) in [5, 5.41) is 3.69. The predicted molar refractivity (Wildman–Crippen MR) is 129 cm³/mol. The number of likely N-dealkylation sites (N-methyl/N-ethyl adjacent to an activating group) is 1. The van der Waals surface area contributed by atoms with Crippen molar-refractivity contribution in [1.29, 1.82) is 0 Å². The largest absolute Gasteiger partial charge is 0.355 e. The molecule has 0 saturated heterocycles. The lowest BCUT2D eigenvalue weighted by Gasteiger charge is -2.29. The van der Waals surface area contributed by atoms with E-state index in [2.05, 4.69) is 50.4 Å². The SMILES string of the molecule is CCNC(=O)C(C)N(Cc1ccc(Cl)c(Cl)c1)C(=O)CCc1ccc(C(C)(C)C)cc1. The second-order valence-electron chi connectivity index (χ2n) is 8.79. The molecular formula is C25H32Cl2N2O2. The van der Waals surface area contributed by atoms with Gasteiger partial charge >= 0.3 is 0 Å². The van der Waals surface area contributed by atoms with E-state index >= 15 is 0 Å². The van der Waals surface area contributed by atoms with E-state index in [1.54, 1.807) is 24.0 Å². The Labute approximate surface area is 195 Å². The van der Waals surface area contributed by atoms with Crippen molar-refractivity contribution in [3.63, 3.8) is 0 Å². The van der Waals surface area contributed by atoms with Crippen LogP contribution in [0.25, 0.3) is 0 Å². The standard InChI is InChI=1S/C25H32Cl2N2O2/c1-6-28-24(31)17(2)29(16-19-9-13-21(26)22(27)15-19)23(30)14-10-18-7-11-20(12-8-18)25(3,4)5/h7-9,11-13,15,17H,6,10,14,16H2,1-5H3,(H,28,31). The van der Waals surface area contributed by atoms with Crippen LogP contribution in [0.1, 0.15) is 57.7 Å². The van der Waals surface area contributed by atoms with E-state index in [1.807, 2.05) is 13.0 Å². The van der Waals surface area contributed by atoms with Crippen molar-refractivity contribution >= 4 is 35.0 Å². The van der Waals surface area contributed by atoms with Crippen molar-refractivity contribution in [2.24, 2.45) is 0 Å². The summed E-state index contributed by atoms with van der Waals surface area (Å²) in [5.41, 5.74) is 3.27. The Hall–Kier alpha value is -2.04. The normalized spacial score (nSPS) is 12.4. The van der Waals surface area contributed by atoms with Crippen LogP contribution in [0.3, 0.4) is 0 Å². The number of hydrogen-bond acceptors (Lipinski definition) is 2. The molecule has 6 heteroatoms. The highest BCUT2D eigenvalue weighted by atomic mass is 35.5. The van der Waals surface area contributed by atoms with Crippen molar-refractivity contribution < 1.29 is 9.59 Å². The molecule has 0 saturated carbocycles. The fourth-order valence-electron chi connectivity index (χ4n) is 3.31. The summed E-state index contributed by atoms with van der Waals surface area (Å²) in [6.07, 6.45) is 0.934. The van der Waals surface area contributed by atoms with Crippen LogP contribution >= 0.6 is 23.2 Å². The first-order valence-electron chi connectivity index (χ1n) is 10.6. The Kier molecular flexibility index (Phi) is 8.96. The fourth-order valence-corrected chi connectivity index (χ4v) is 3.63. The molecule has 2 amide bonds. The molecule has 2 rings (SSSR count). The number of halogens is 2. The monoisotopic (exact) mass is 462 g/mol. The molecule has 31 heavy (non-hydrogen) atoms. The Morgan fingerprint density at radius 2 is 1.61 bits per heavy atom. The van der Waals surface area contributed by atoms with E-state index in [0.29, 0.717) is 29.4 Å². The second-order valence-corrected chi connectivity index (χ2v) is 9.60. The average Bonchev–Trinajstić information content (AvgIpc) is 2.72. The lowest BCUT2D eigenvalue weighted by molar-refractivity contribution is -0.140. The minimum atomic E-state index is -0.592. The number of nitrogens with zero attached hydrogens (tertiary/aromatic N) is 1. The maximum absolute atomic E-state index is 13.1. The predicted octanol–water partition coefficient (Wildman–Crippen LogP) is 5.78. The topological polar surface area (TPSA) is 49.4 Å². The zero-order chi connectivity index (χ0) is 23.2. The highest BCUT2D eigenvalue weighted by Crippen LogP contribution is 2.25. The van der Waals surface area contributed by atoms with Gasteiger partial charge in [0.2, 0.25) is 11.8 Å². The van der Waals surface area contributed by atoms with Crippen LogP contribution in [-0.4, -0.2) is 29.3 Å². The molecule has 1 N–H and O–H groups in total. The first-order valence-corrected chi connectivity index (χ1v) is 11.4. The van der Waals surface area contributed by atoms with Crippen molar-refractivity contribution in [3.05, 3.63) is 69.2 Å². The number of rotatable bonds is 8. The first kappa shape index (κ1) is 25.2. The molecule has 1 atom stereocenters. The molecule has 0 heterocycles. The third-order valence-corrected chi connectivity index (χ3v) is 6.04. The van der Waals surface area contributed by atoms with Gasteiger partial charge in [-0.2, -0.15) is 0 Å².